The molecule has 1 fully saturated rings. The Balaban J connectivity index is 2.05. The molecular formula is C12H11FN2. The van der Waals surface area contributed by atoms with Crippen molar-refractivity contribution in [3.63, 3.8) is 0 Å². The number of hydrogen-bond acceptors (Lipinski definition) is 2. The molecule has 15 heavy (non-hydrogen) atoms. The van der Waals surface area contributed by atoms with Gasteiger partial charge in [0.05, 0.1) is 10.9 Å². The lowest BCUT2D eigenvalue weighted by Gasteiger charge is -2.01. The summed E-state index contributed by atoms with van der Waals surface area (Å²) in [7, 11) is 0. The third kappa shape index (κ3) is 1.69. The first-order valence-corrected chi connectivity index (χ1v) is 5.23. The smallest absolute Gasteiger partial charge is 0.134 e. The largest absolute Gasteiger partial charge is 0.241 e. The fraction of sp³-hybridized carbons (Fsp3) is 0.333. The normalized spacial score (nSPS) is 15.8. The highest BCUT2D eigenvalue weighted by Gasteiger charge is 2.22. The fourth-order valence-corrected chi connectivity index (χ4v) is 1.74. The molecule has 76 valence electrons. The quantitative estimate of drug-likeness (QED) is 0.748. The van der Waals surface area contributed by atoms with Gasteiger partial charge in [-0.2, -0.15) is 0 Å². The van der Waals surface area contributed by atoms with Gasteiger partial charge in [-0.05, 0) is 30.9 Å². The Kier molecular flexibility index (Phi) is 1.91. The highest BCUT2D eigenvalue weighted by Crippen LogP contribution is 2.31. The minimum Gasteiger partial charge on any atom is -0.241 e. The van der Waals surface area contributed by atoms with Crippen molar-refractivity contribution in [3.8, 4) is 0 Å². The van der Waals surface area contributed by atoms with Crippen LogP contribution in [0.4, 0.5) is 4.39 Å². The van der Waals surface area contributed by atoms with E-state index >= 15 is 0 Å². The van der Waals surface area contributed by atoms with Gasteiger partial charge < -0.3 is 0 Å². The van der Waals surface area contributed by atoms with Crippen molar-refractivity contribution in [3.05, 3.63) is 36.0 Å². The van der Waals surface area contributed by atoms with Crippen LogP contribution in [0.5, 0.6) is 0 Å². The van der Waals surface area contributed by atoms with Crippen molar-refractivity contribution in [1.29, 1.82) is 0 Å². The number of benzene rings is 1. The predicted octanol–water partition coefficient (Wildman–Crippen LogP) is 2.72. The molecule has 0 amide bonds. The van der Waals surface area contributed by atoms with Crippen LogP contribution in [0.2, 0.25) is 0 Å². The third-order valence-corrected chi connectivity index (χ3v) is 2.79. The van der Waals surface area contributed by atoms with Crippen molar-refractivity contribution >= 4 is 10.9 Å². The first-order valence-electron chi connectivity index (χ1n) is 5.23. The second-order valence-electron chi connectivity index (χ2n) is 4.11. The van der Waals surface area contributed by atoms with Gasteiger partial charge in [0.2, 0.25) is 0 Å². The Hall–Kier alpha value is -1.51. The Bertz CT molecular complexity index is 506. The maximum Gasteiger partial charge on any atom is 0.134 e. The molecule has 1 aromatic carbocycles. The average molecular weight is 202 g/mol. The van der Waals surface area contributed by atoms with Gasteiger partial charge >= 0.3 is 0 Å². The summed E-state index contributed by atoms with van der Waals surface area (Å²) in [6.45, 7) is 0. The summed E-state index contributed by atoms with van der Waals surface area (Å²) in [5, 5.41) is 0.511. The van der Waals surface area contributed by atoms with Crippen LogP contribution >= 0.6 is 0 Å². The average Bonchev–Trinajstić information content (AvgIpc) is 3.02. The molecule has 2 nitrogen and oxygen atoms in total. The Morgan fingerprint density at radius 2 is 2.20 bits per heavy atom. The van der Waals surface area contributed by atoms with Crippen molar-refractivity contribution in [2.75, 3.05) is 0 Å². The topological polar surface area (TPSA) is 25.8 Å². The number of hydrogen-bond donors (Lipinski definition) is 0. The molecular weight excluding hydrogens is 191 g/mol. The van der Waals surface area contributed by atoms with Crippen LogP contribution in [0.3, 0.4) is 0 Å². The fourth-order valence-electron chi connectivity index (χ4n) is 1.74. The molecule has 3 heteroatoms. The SMILES string of the molecule is Fc1cccc2nc(CC3CC3)ncc12. The van der Waals surface area contributed by atoms with E-state index in [4.69, 9.17) is 0 Å². The van der Waals surface area contributed by atoms with E-state index in [0.717, 1.165) is 18.2 Å². The lowest BCUT2D eigenvalue weighted by molar-refractivity contribution is 0.638. The Morgan fingerprint density at radius 1 is 1.33 bits per heavy atom. The van der Waals surface area contributed by atoms with Gasteiger partial charge in [0.1, 0.15) is 11.6 Å². The van der Waals surface area contributed by atoms with Gasteiger partial charge in [-0.25, -0.2) is 14.4 Å². The molecule has 1 saturated carbocycles. The summed E-state index contributed by atoms with van der Waals surface area (Å²) in [5.74, 6) is 1.36. The van der Waals surface area contributed by atoms with Gasteiger partial charge in [0.15, 0.2) is 0 Å². The number of nitrogens with zero attached hydrogens (tertiary/aromatic N) is 2. The Morgan fingerprint density at radius 3 is 3.00 bits per heavy atom. The molecule has 0 unspecified atom stereocenters. The predicted molar refractivity (Wildman–Crippen MR) is 55.9 cm³/mol. The number of aromatic nitrogens is 2. The minimum atomic E-state index is -0.245. The van der Waals surface area contributed by atoms with Crippen molar-refractivity contribution in [1.82, 2.24) is 9.97 Å². The Labute approximate surface area is 87.2 Å². The van der Waals surface area contributed by atoms with E-state index in [-0.39, 0.29) is 5.82 Å². The molecule has 1 heterocycles. The lowest BCUT2D eigenvalue weighted by Crippen LogP contribution is -1.97. The van der Waals surface area contributed by atoms with E-state index in [0.29, 0.717) is 10.9 Å². The molecule has 2 aromatic rings. The summed E-state index contributed by atoms with van der Waals surface area (Å²) < 4.78 is 13.3. The second-order valence-corrected chi connectivity index (χ2v) is 4.11. The molecule has 0 aliphatic heterocycles. The maximum absolute atomic E-state index is 13.3. The highest BCUT2D eigenvalue weighted by molar-refractivity contribution is 5.78. The molecule has 0 saturated heterocycles. The molecule has 0 spiro atoms. The zero-order valence-corrected chi connectivity index (χ0v) is 8.28. The van der Waals surface area contributed by atoms with Crippen molar-refractivity contribution in [2.24, 2.45) is 5.92 Å². The molecule has 0 bridgehead atoms. The van der Waals surface area contributed by atoms with Crippen LogP contribution in [0, 0.1) is 11.7 Å². The number of fused-ring (bicyclic) bond motifs is 1. The molecule has 1 aromatic heterocycles. The molecule has 3 rings (SSSR count). The minimum absolute atomic E-state index is 0.245. The standard InChI is InChI=1S/C12H11FN2/c13-10-2-1-3-11-9(10)7-14-12(15-11)6-8-4-5-8/h1-3,7-8H,4-6H2. The van der Waals surface area contributed by atoms with E-state index in [1.165, 1.54) is 18.9 Å². The second kappa shape index (κ2) is 3.26. The summed E-state index contributed by atoms with van der Waals surface area (Å²) in [6, 6.07) is 4.95. The highest BCUT2D eigenvalue weighted by atomic mass is 19.1. The van der Waals surface area contributed by atoms with Crippen LogP contribution in [-0.2, 0) is 6.42 Å². The van der Waals surface area contributed by atoms with E-state index < -0.39 is 0 Å². The first-order chi connectivity index (χ1) is 7.33. The molecule has 0 atom stereocenters. The third-order valence-electron chi connectivity index (χ3n) is 2.79. The van der Waals surface area contributed by atoms with E-state index in [1.807, 2.05) is 6.07 Å². The van der Waals surface area contributed by atoms with Gasteiger partial charge in [0.25, 0.3) is 0 Å². The first kappa shape index (κ1) is 8.77. The zero-order valence-electron chi connectivity index (χ0n) is 8.28. The van der Waals surface area contributed by atoms with Crippen LogP contribution < -0.4 is 0 Å². The summed E-state index contributed by atoms with van der Waals surface area (Å²) in [4.78, 5) is 8.56. The monoisotopic (exact) mass is 202 g/mol. The van der Waals surface area contributed by atoms with Gasteiger partial charge in [-0.15, -0.1) is 0 Å². The van der Waals surface area contributed by atoms with Crippen LogP contribution in [0.25, 0.3) is 10.9 Å². The van der Waals surface area contributed by atoms with E-state index in [2.05, 4.69) is 9.97 Å². The molecule has 1 aliphatic carbocycles. The van der Waals surface area contributed by atoms with Gasteiger partial charge in [0, 0.05) is 12.6 Å². The van der Waals surface area contributed by atoms with Crippen molar-refractivity contribution in [2.45, 2.75) is 19.3 Å². The van der Waals surface area contributed by atoms with Gasteiger partial charge in [-0.3, -0.25) is 0 Å². The summed E-state index contributed by atoms with van der Waals surface area (Å²) >= 11 is 0. The van der Waals surface area contributed by atoms with Crippen molar-refractivity contribution < 1.29 is 4.39 Å². The lowest BCUT2D eigenvalue weighted by atomic mass is 10.2. The van der Waals surface area contributed by atoms with Crippen LogP contribution in [-0.4, -0.2) is 9.97 Å². The summed E-state index contributed by atoms with van der Waals surface area (Å²) in [5.41, 5.74) is 0.709. The summed E-state index contributed by atoms with van der Waals surface area (Å²) in [6.07, 6.45) is 5.09. The maximum atomic E-state index is 13.3. The number of halogens is 1. The molecule has 0 radical (unpaired) electrons. The van der Waals surface area contributed by atoms with Crippen LogP contribution in [0.1, 0.15) is 18.7 Å². The van der Waals surface area contributed by atoms with E-state index in [9.17, 15) is 4.39 Å². The molecule has 1 aliphatic rings. The van der Waals surface area contributed by atoms with Crippen LogP contribution in [0.15, 0.2) is 24.4 Å². The molecule has 0 N–H and O–H groups in total. The zero-order chi connectivity index (χ0) is 10.3. The van der Waals surface area contributed by atoms with E-state index in [1.54, 1.807) is 12.3 Å². The van der Waals surface area contributed by atoms with Gasteiger partial charge in [-0.1, -0.05) is 6.07 Å². The number of rotatable bonds is 2.